The fourth-order valence-electron chi connectivity index (χ4n) is 1.24. The van der Waals surface area contributed by atoms with Gasteiger partial charge in [-0.05, 0) is 30.7 Å². The molecule has 0 unspecified atom stereocenters. The van der Waals surface area contributed by atoms with Crippen LogP contribution in [0.2, 0.25) is 0 Å². The van der Waals surface area contributed by atoms with E-state index in [1.54, 1.807) is 12.1 Å². The van der Waals surface area contributed by atoms with E-state index in [0.29, 0.717) is 5.56 Å². The van der Waals surface area contributed by atoms with Gasteiger partial charge in [0, 0.05) is 12.0 Å². The third-order valence-electron chi connectivity index (χ3n) is 2.19. The molecule has 1 aromatic rings. The Morgan fingerprint density at radius 3 is 2.56 bits per heavy atom. The largest absolute Gasteiger partial charge is 0.465 e. The van der Waals surface area contributed by atoms with Crippen LogP contribution in [0.15, 0.2) is 24.3 Å². The number of esters is 1. The van der Waals surface area contributed by atoms with Crippen molar-refractivity contribution >= 4 is 5.97 Å². The molecule has 0 N–H and O–H groups in total. The van der Waals surface area contributed by atoms with Crippen LogP contribution in [0.1, 0.15) is 42.1 Å². The summed E-state index contributed by atoms with van der Waals surface area (Å²) in [5.41, 5.74) is 1.49. The number of rotatable bonds is 3. The summed E-state index contributed by atoms with van der Waals surface area (Å²) >= 11 is 0. The second-order valence-corrected chi connectivity index (χ2v) is 3.47. The predicted molar refractivity (Wildman–Crippen MR) is 64.2 cm³/mol. The van der Waals surface area contributed by atoms with Gasteiger partial charge in [-0.25, -0.2) is 4.79 Å². The first-order valence-electron chi connectivity index (χ1n) is 5.45. The lowest BCUT2D eigenvalue weighted by Crippen LogP contribution is -2.00. The maximum Gasteiger partial charge on any atom is 0.337 e. The minimum atomic E-state index is -0.314. The minimum absolute atomic E-state index is 0.314. The van der Waals surface area contributed by atoms with Crippen LogP contribution in [0.25, 0.3) is 0 Å². The number of carbonyl (C=O) groups excluding carboxylic acids is 1. The van der Waals surface area contributed by atoms with Crippen molar-refractivity contribution in [1.29, 1.82) is 0 Å². The molecule has 2 nitrogen and oxygen atoms in total. The van der Waals surface area contributed by atoms with Gasteiger partial charge in [-0.3, -0.25) is 0 Å². The van der Waals surface area contributed by atoms with Crippen molar-refractivity contribution in [2.75, 3.05) is 7.11 Å². The van der Waals surface area contributed by atoms with Gasteiger partial charge in [0.1, 0.15) is 0 Å². The van der Waals surface area contributed by atoms with E-state index in [-0.39, 0.29) is 5.97 Å². The Morgan fingerprint density at radius 2 is 2.00 bits per heavy atom. The molecule has 0 fully saturated rings. The normalized spacial score (nSPS) is 9.12. The molecule has 16 heavy (non-hydrogen) atoms. The standard InChI is InChI=1S/C14H16O2/c1-3-4-5-6-7-12-8-10-13(11-9-12)14(15)16-2/h8-11H,3-5H2,1-2H3. The molecule has 0 aromatic heterocycles. The average molecular weight is 216 g/mol. The fraction of sp³-hybridized carbons (Fsp3) is 0.357. The van der Waals surface area contributed by atoms with E-state index in [2.05, 4.69) is 23.5 Å². The Morgan fingerprint density at radius 1 is 1.31 bits per heavy atom. The van der Waals surface area contributed by atoms with Crippen LogP contribution in [0.3, 0.4) is 0 Å². The van der Waals surface area contributed by atoms with Crippen LogP contribution < -0.4 is 0 Å². The zero-order valence-corrected chi connectivity index (χ0v) is 9.75. The van der Waals surface area contributed by atoms with Crippen LogP contribution in [0.5, 0.6) is 0 Å². The number of methoxy groups -OCH3 is 1. The Hall–Kier alpha value is -1.75. The van der Waals surface area contributed by atoms with Gasteiger partial charge in [0.05, 0.1) is 12.7 Å². The van der Waals surface area contributed by atoms with E-state index in [0.717, 1.165) is 24.8 Å². The molecular formula is C14H16O2. The molecule has 0 spiro atoms. The molecule has 0 aliphatic heterocycles. The van der Waals surface area contributed by atoms with E-state index < -0.39 is 0 Å². The summed E-state index contributed by atoms with van der Waals surface area (Å²) in [7, 11) is 1.38. The lowest BCUT2D eigenvalue weighted by atomic mass is 10.1. The van der Waals surface area contributed by atoms with E-state index in [1.807, 2.05) is 12.1 Å². The summed E-state index contributed by atoms with van der Waals surface area (Å²) in [5.74, 6) is 5.85. The highest BCUT2D eigenvalue weighted by Crippen LogP contribution is 2.04. The van der Waals surface area contributed by atoms with Gasteiger partial charge in [0.25, 0.3) is 0 Å². The lowest BCUT2D eigenvalue weighted by Gasteiger charge is -1.97. The lowest BCUT2D eigenvalue weighted by molar-refractivity contribution is 0.0601. The zero-order chi connectivity index (χ0) is 11.8. The van der Waals surface area contributed by atoms with E-state index >= 15 is 0 Å². The Kier molecular flexibility index (Phi) is 5.15. The fourth-order valence-corrected chi connectivity index (χ4v) is 1.24. The maximum atomic E-state index is 11.2. The summed E-state index contributed by atoms with van der Waals surface area (Å²) < 4.78 is 4.61. The van der Waals surface area contributed by atoms with Crippen molar-refractivity contribution in [1.82, 2.24) is 0 Å². The maximum absolute atomic E-state index is 11.2. The SMILES string of the molecule is CCCCC#Cc1ccc(C(=O)OC)cc1. The van der Waals surface area contributed by atoms with E-state index in [4.69, 9.17) is 0 Å². The number of ether oxygens (including phenoxy) is 1. The number of benzene rings is 1. The van der Waals surface area contributed by atoms with Crippen LogP contribution in [-0.4, -0.2) is 13.1 Å². The quantitative estimate of drug-likeness (QED) is 0.441. The van der Waals surface area contributed by atoms with Crippen molar-refractivity contribution < 1.29 is 9.53 Å². The van der Waals surface area contributed by atoms with Crippen molar-refractivity contribution in [2.24, 2.45) is 0 Å². The Bertz CT molecular complexity index is 393. The van der Waals surface area contributed by atoms with Gasteiger partial charge in [0.15, 0.2) is 0 Å². The Balaban J connectivity index is 2.63. The second kappa shape index (κ2) is 6.68. The highest BCUT2D eigenvalue weighted by atomic mass is 16.5. The molecular weight excluding hydrogens is 200 g/mol. The molecule has 1 aromatic carbocycles. The number of unbranched alkanes of at least 4 members (excludes halogenated alkanes) is 2. The second-order valence-electron chi connectivity index (χ2n) is 3.47. The number of carbonyl (C=O) groups is 1. The monoisotopic (exact) mass is 216 g/mol. The molecule has 0 heterocycles. The van der Waals surface area contributed by atoms with Crippen LogP contribution >= 0.6 is 0 Å². The summed E-state index contributed by atoms with van der Waals surface area (Å²) in [6.45, 7) is 2.15. The number of hydrogen-bond donors (Lipinski definition) is 0. The van der Waals surface area contributed by atoms with Crippen molar-refractivity contribution in [2.45, 2.75) is 26.2 Å². The summed E-state index contributed by atoms with van der Waals surface area (Å²) in [5, 5.41) is 0. The molecule has 0 saturated heterocycles. The molecule has 84 valence electrons. The van der Waals surface area contributed by atoms with Gasteiger partial charge in [-0.2, -0.15) is 0 Å². The summed E-state index contributed by atoms with van der Waals surface area (Å²) in [4.78, 5) is 11.2. The van der Waals surface area contributed by atoms with Crippen LogP contribution in [0.4, 0.5) is 0 Å². The molecule has 1 rings (SSSR count). The van der Waals surface area contributed by atoms with E-state index in [1.165, 1.54) is 7.11 Å². The predicted octanol–water partition coefficient (Wildman–Crippen LogP) is 3.01. The van der Waals surface area contributed by atoms with Gasteiger partial charge in [-0.1, -0.05) is 25.2 Å². The first kappa shape index (κ1) is 12.3. The van der Waals surface area contributed by atoms with Gasteiger partial charge in [-0.15, -0.1) is 0 Å². The first-order valence-corrected chi connectivity index (χ1v) is 5.45. The molecule has 0 atom stereocenters. The van der Waals surface area contributed by atoms with Gasteiger partial charge in [0.2, 0.25) is 0 Å². The topological polar surface area (TPSA) is 26.3 Å². The molecule has 0 radical (unpaired) electrons. The molecule has 0 aliphatic rings. The molecule has 2 heteroatoms. The van der Waals surface area contributed by atoms with Gasteiger partial charge >= 0.3 is 5.97 Å². The smallest absolute Gasteiger partial charge is 0.337 e. The third kappa shape index (κ3) is 3.78. The van der Waals surface area contributed by atoms with Crippen molar-refractivity contribution in [3.05, 3.63) is 35.4 Å². The summed E-state index contributed by atoms with van der Waals surface area (Å²) in [6.07, 6.45) is 3.22. The van der Waals surface area contributed by atoms with Crippen molar-refractivity contribution in [3.8, 4) is 11.8 Å². The van der Waals surface area contributed by atoms with Gasteiger partial charge < -0.3 is 4.74 Å². The van der Waals surface area contributed by atoms with Crippen molar-refractivity contribution in [3.63, 3.8) is 0 Å². The Labute approximate surface area is 96.6 Å². The number of hydrogen-bond acceptors (Lipinski definition) is 2. The third-order valence-corrected chi connectivity index (χ3v) is 2.19. The first-order chi connectivity index (χ1) is 7.77. The highest BCUT2D eigenvalue weighted by molar-refractivity contribution is 5.89. The van der Waals surface area contributed by atoms with E-state index in [9.17, 15) is 4.79 Å². The van der Waals surface area contributed by atoms with Crippen LogP contribution in [-0.2, 0) is 4.74 Å². The highest BCUT2D eigenvalue weighted by Gasteiger charge is 2.02. The molecule has 0 saturated carbocycles. The average Bonchev–Trinajstić information content (AvgIpc) is 2.34. The molecule has 0 bridgehead atoms. The molecule has 0 aliphatic carbocycles. The van der Waals surface area contributed by atoms with Crippen LogP contribution in [0, 0.1) is 11.8 Å². The molecule has 0 amide bonds. The zero-order valence-electron chi connectivity index (χ0n) is 9.75. The summed E-state index contributed by atoms with van der Waals surface area (Å²) in [6, 6.07) is 7.14. The minimum Gasteiger partial charge on any atom is -0.465 e.